The zero-order valence-corrected chi connectivity index (χ0v) is 19.1. The first kappa shape index (κ1) is 22.7. The van der Waals surface area contributed by atoms with Crippen LogP contribution in [0, 0.1) is 5.92 Å². The van der Waals surface area contributed by atoms with Crippen molar-refractivity contribution >= 4 is 11.4 Å². The van der Waals surface area contributed by atoms with E-state index >= 15 is 0 Å². The molecule has 4 aromatic rings. The largest absolute Gasteiger partial charge is 0.496 e. The molecule has 0 amide bonds. The van der Waals surface area contributed by atoms with E-state index in [4.69, 9.17) is 14.2 Å². The highest BCUT2D eigenvalue weighted by Crippen LogP contribution is 2.40. The van der Waals surface area contributed by atoms with Crippen LogP contribution in [0.2, 0.25) is 0 Å². The van der Waals surface area contributed by atoms with Crippen molar-refractivity contribution in [3.05, 3.63) is 54.4 Å². The number of aromatic nitrogens is 4. The van der Waals surface area contributed by atoms with Crippen LogP contribution in [-0.4, -0.2) is 46.2 Å². The first-order valence-corrected chi connectivity index (χ1v) is 11.0. The third-order valence-electron chi connectivity index (χ3n) is 5.91. The van der Waals surface area contributed by atoms with Crippen LogP contribution in [0.3, 0.4) is 0 Å². The van der Waals surface area contributed by atoms with Crippen molar-refractivity contribution in [2.45, 2.75) is 25.9 Å². The number of nitrogens with zero attached hydrogens (tertiary/aromatic N) is 4. The van der Waals surface area contributed by atoms with Gasteiger partial charge in [0.15, 0.2) is 5.78 Å². The summed E-state index contributed by atoms with van der Waals surface area (Å²) < 4.78 is 43.5. The lowest BCUT2D eigenvalue weighted by molar-refractivity contribution is -0.0502. The van der Waals surface area contributed by atoms with E-state index in [-0.39, 0.29) is 35.2 Å². The van der Waals surface area contributed by atoms with Crippen LogP contribution in [0.4, 0.5) is 8.78 Å². The summed E-state index contributed by atoms with van der Waals surface area (Å²) in [7, 11) is 2.92. The van der Waals surface area contributed by atoms with Crippen molar-refractivity contribution in [3.63, 3.8) is 0 Å². The summed E-state index contributed by atoms with van der Waals surface area (Å²) in [5.74, 6) is 0.404. The first-order chi connectivity index (χ1) is 17.0. The summed E-state index contributed by atoms with van der Waals surface area (Å²) >= 11 is 0. The molecule has 35 heavy (non-hydrogen) atoms. The highest BCUT2D eigenvalue weighted by atomic mass is 19.3. The molecular weight excluding hydrogens is 458 g/mol. The molecule has 0 radical (unpaired) electrons. The average Bonchev–Trinajstić information content (AvgIpc) is 3.57. The molecule has 3 aromatic heterocycles. The van der Waals surface area contributed by atoms with Crippen LogP contribution in [0.1, 0.15) is 29.6 Å². The molecule has 0 aliphatic heterocycles. The molecule has 1 aromatic carbocycles. The summed E-state index contributed by atoms with van der Waals surface area (Å²) in [4.78, 5) is 17.3. The van der Waals surface area contributed by atoms with Crippen LogP contribution in [0.5, 0.6) is 17.4 Å². The molecule has 1 aliphatic carbocycles. The quantitative estimate of drug-likeness (QED) is 0.310. The smallest absolute Gasteiger partial charge is 0.387 e. The highest BCUT2D eigenvalue weighted by molar-refractivity contribution is 6.02. The van der Waals surface area contributed by atoms with Crippen molar-refractivity contribution in [1.82, 2.24) is 19.6 Å². The number of imidazole rings is 1. The van der Waals surface area contributed by atoms with Crippen molar-refractivity contribution < 1.29 is 27.8 Å². The van der Waals surface area contributed by atoms with Crippen molar-refractivity contribution in [2.24, 2.45) is 5.92 Å². The van der Waals surface area contributed by atoms with Gasteiger partial charge in [0.25, 0.3) is 0 Å². The lowest BCUT2D eigenvalue weighted by atomic mass is 10.00. The van der Waals surface area contributed by atoms with Crippen molar-refractivity contribution in [1.29, 1.82) is 0 Å². The molecular formula is C25H22F2N4O4. The number of halogens is 2. The number of fused-ring (bicyclic) bond motifs is 1. The molecule has 0 saturated heterocycles. The summed E-state index contributed by atoms with van der Waals surface area (Å²) in [5.41, 5.74) is 3.23. The van der Waals surface area contributed by atoms with E-state index < -0.39 is 6.61 Å². The number of pyridine rings is 1. The molecule has 180 valence electrons. The topological polar surface area (TPSA) is 87.8 Å². The van der Waals surface area contributed by atoms with Gasteiger partial charge in [0.2, 0.25) is 5.88 Å². The molecule has 0 bridgehead atoms. The Labute approximate surface area is 199 Å². The number of Topliss-reactive ketones (excluding diaryl/α,β-unsaturated/α-hetero) is 1. The lowest BCUT2D eigenvalue weighted by Gasteiger charge is -2.16. The maximum atomic E-state index is 13.2. The number of hydrogen-bond donors (Lipinski definition) is 0. The summed E-state index contributed by atoms with van der Waals surface area (Å²) in [6.45, 7) is -3.09. The summed E-state index contributed by atoms with van der Waals surface area (Å²) in [6.07, 6.45) is 5.62. The molecule has 0 N–H and O–H groups in total. The maximum Gasteiger partial charge on any atom is 0.387 e. The number of benzene rings is 1. The van der Waals surface area contributed by atoms with Gasteiger partial charge in [-0.05, 0) is 49.1 Å². The number of hydrogen-bond acceptors (Lipinski definition) is 7. The fourth-order valence-electron chi connectivity index (χ4n) is 3.99. The highest BCUT2D eigenvalue weighted by Gasteiger charge is 2.29. The van der Waals surface area contributed by atoms with E-state index in [9.17, 15) is 13.6 Å². The van der Waals surface area contributed by atoms with Crippen LogP contribution < -0.4 is 14.2 Å². The lowest BCUT2D eigenvalue weighted by Crippen LogP contribution is -2.11. The standard InChI is InChI=1S/C25H22F2N4O4/c1-33-20-10-16(11-21(35-25(26)27)24(20)19(32)9-14-3-4-14)18-13-28-22-12-15(7-8-31(18)22)17-5-6-23(34-2)30-29-17/h5-8,10-14,25H,3-4,9H2,1-2H3. The molecule has 1 saturated carbocycles. The predicted molar refractivity (Wildman–Crippen MR) is 123 cm³/mol. The fraction of sp³-hybridized carbons (Fsp3) is 0.280. The molecule has 1 fully saturated rings. The number of alkyl halides is 2. The second kappa shape index (κ2) is 9.28. The monoisotopic (exact) mass is 480 g/mol. The van der Waals surface area contributed by atoms with Gasteiger partial charge in [-0.3, -0.25) is 9.20 Å². The normalized spacial score (nSPS) is 13.3. The van der Waals surface area contributed by atoms with Gasteiger partial charge in [-0.2, -0.15) is 8.78 Å². The molecule has 5 rings (SSSR count). The van der Waals surface area contributed by atoms with Crippen LogP contribution >= 0.6 is 0 Å². The van der Waals surface area contributed by atoms with Crippen molar-refractivity contribution in [2.75, 3.05) is 14.2 Å². The Morgan fingerprint density at radius 3 is 2.51 bits per heavy atom. The van der Waals surface area contributed by atoms with Gasteiger partial charge in [-0.25, -0.2) is 4.98 Å². The van der Waals surface area contributed by atoms with E-state index in [0.29, 0.717) is 28.5 Å². The van der Waals surface area contributed by atoms with Gasteiger partial charge >= 0.3 is 6.61 Å². The Morgan fingerprint density at radius 1 is 1.06 bits per heavy atom. The minimum absolute atomic E-state index is 0.0395. The SMILES string of the molecule is COc1ccc(-c2ccn3c(-c4cc(OC)c(C(=O)CC5CC5)c(OC(F)F)c4)cnc3c2)nn1. The van der Waals surface area contributed by atoms with Gasteiger partial charge in [-0.1, -0.05) is 0 Å². The zero-order valence-electron chi connectivity index (χ0n) is 19.1. The average molecular weight is 480 g/mol. The summed E-state index contributed by atoms with van der Waals surface area (Å²) in [5, 5.41) is 8.14. The number of carbonyl (C=O) groups excluding carboxylic acids is 1. The summed E-state index contributed by atoms with van der Waals surface area (Å²) in [6, 6.07) is 10.3. The molecule has 0 spiro atoms. The molecule has 10 heteroatoms. The fourth-order valence-corrected chi connectivity index (χ4v) is 3.99. The minimum atomic E-state index is -3.09. The minimum Gasteiger partial charge on any atom is -0.496 e. The predicted octanol–water partition coefficient (Wildman–Crippen LogP) is 5.06. The third-order valence-corrected chi connectivity index (χ3v) is 5.91. The van der Waals surface area contributed by atoms with E-state index in [2.05, 4.69) is 15.2 Å². The molecule has 0 unspecified atom stereocenters. The van der Waals surface area contributed by atoms with E-state index in [1.165, 1.54) is 20.3 Å². The third kappa shape index (κ3) is 4.64. The van der Waals surface area contributed by atoms with Crippen molar-refractivity contribution in [3.8, 4) is 39.9 Å². The zero-order chi connectivity index (χ0) is 24.5. The van der Waals surface area contributed by atoms with Gasteiger partial charge in [-0.15, -0.1) is 10.2 Å². The number of ketones is 1. The Balaban J connectivity index is 1.55. The van der Waals surface area contributed by atoms with Gasteiger partial charge in [0, 0.05) is 29.8 Å². The number of methoxy groups -OCH3 is 2. The van der Waals surface area contributed by atoms with Gasteiger partial charge < -0.3 is 14.2 Å². The number of ether oxygens (including phenoxy) is 3. The van der Waals surface area contributed by atoms with Gasteiger partial charge in [0.1, 0.15) is 22.7 Å². The maximum absolute atomic E-state index is 13.2. The Bertz CT molecular complexity index is 1380. The van der Waals surface area contributed by atoms with E-state index in [0.717, 1.165) is 18.4 Å². The second-order valence-electron chi connectivity index (χ2n) is 8.25. The Kier molecular flexibility index (Phi) is 6.02. The molecule has 3 heterocycles. The van der Waals surface area contributed by atoms with Gasteiger partial charge in [0.05, 0.1) is 31.8 Å². The number of carbonyl (C=O) groups is 1. The molecule has 0 atom stereocenters. The van der Waals surface area contributed by atoms with E-state index in [1.54, 1.807) is 35.0 Å². The van der Waals surface area contributed by atoms with Crippen LogP contribution in [0.15, 0.2) is 48.8 Å². The first-order valence-electron chi connectivity index (χ1n) is 11.0. The Hall–Kier alpha value is -4.08. The van der Waals surface area contributed by atoms with Crippen LogP contribution in [-0.2, 0) is 0 Å². The Morgan fingerprint density at radius 2 is 1.86 bits per heavy atom. The van der Waals surface area contributed by atoms with E-state index in [1.807, 2.05) is 12.1 Å². The number of rotatable bonds is 9. The molecule has 1 aliphatic rings. The van der Waals surface area contributed by atoms with Crippen LogP contribution in [0.25, 0.3) is 28.2 Å². The molecule has 8 nitrogen and oxygen atoms in total. The second-order valence-corrected chi connectivity index (χ2v) is 8.25.